The Balaban J connectivity index is 0.00000106. The van der Waals surface area contributed by atoms with Crippen LogP contribution in [0.2, 0.25) is 5.28 Å². The fraction of sp³-hybridized carbons (Fsp3) is 0.545. The van der Waals surface area contributed by atoms with E-state index in [-0.39, 0.29) is 5.28 Å². The molecule has 0 atom stereocenters. The number of aryl methyl sites for hydroxylation is 1. The van der Waals surface area contributed by atoms with Crippen LogP contribution in [0, 0.1) is 13.8 Å². The average Bonchev–Trinajstić information content (AvgIpc) is 2.28. The standard InChI is InChI=1S/C9H12ClN3O.C2H6/c1-6-7(2)12-9(10)13-8(6)11-4-3-5-14;1-2/h5H,3-4H2,1-2H3,(H,11,12,13);1-2H3. The topological polar surface area (TPSA) is 54.9 Å². The molecule has 90 valence electrons. The molecule has 0 unspecified atom stereocenters. The first-order valence-corrected chi connectivity index (χ1v) is 5.71. The highest BCUT2D eigenvalue weighted by Gasteiger charge is 2.05. The number of halogens is 1. The molecule has 0 radical (unpaired) electrons. The number of aromatic nitrogens is 2. The normalized spacial score (nSPS) is 9.06. The maximum absolute atomic E-state index is 10.1. The predicted octanol–water partition coefficient (Wildman–Crippen LogP) is 2.77. The number of nitrogens with one attached hydrogen (secondary N) is 1. The molecule has 1 rings (SSSR count). The Morgan fingerprint density at radius 3 is 2.50 bits per heavy atom. The van der Waals surface area contributed by atoms with E-state index in [2.05, 4.69) is 15.3 Å². The molecule has 5 heteroatoms. The number of anilines is 1. The Bertz CT molecular complexity index is 342. The van der Waals surface area contributed by atoms with Crippen LogP contribution in [-0.2, 0) is 4.79 Å². The third-order valence-corrected chi connectivity index (χ3v) is 2.09. The maximum atomic E-state index is 10.1. The van der Waals surface area contributed by atoms with Gasteiger partial charge in [0.25, 0.3) is 0 Å². The van der Waals surface area contributed by atoms with E-state index >= 15 is 0 Å². The summed E-state index contributed by atoms with van der Waals surface area (Å²) >= 11 is 5.70. The highest BCUT2D eigenvalue weighted by Crippen LogP contribution is 2.16. The van der Waals surface area contributed by atoms with Crippen LogP contribution in [0.4, 0.5) is 5.82 Å². The molecule has 0 aliphatic carbocycles. The summed E-state index contributed by atoms with van der Waals surface area (Å²) in [6, 6.07) is 0. The number of hydrogen-bond donors (Lipinski definition) is 1. The molecule has 0 aliphatic heterocycles. The molecule has 0 spiro atoms. The number of hydrogen-bond acceptors (Lipinski definition) is 4. The van der Waals surface area contributed by atoms with Gasteiger partial charge in [0.15, 0.2) is 0 Å². The van der Waals surface area contributed by atoms with E-state index < -0.39 is 0 Å². The van der Waals surface area contributed by atoms with Crippen molar-refractivity contribution in [2.45, 2.75) is 34.1 Å². The van der Waals surface area contributed by atoms with Gasteiger partial charge in [-0.15, -0.1) is 0 Å². The number of carbonyl (C=O) groups is 1. The Hall–Kier alpha value is -1.16. The van der Waals surface area contributed by atoms with Gasteiger partial charge in [-0.2, -0.15) is 0 Å². The van der Waals surface area contributed by atoms with E-state index in [0.29, 0.717) is 18.8 Å². The molecular weight excluding hydrogens is 226 g/mol. The molecule has 0 saturated carbocycles. The Labute approximate surface area is 101 Å². The predicted molar refractivity (Wildman–Crippen MR) is 67.0 cm³/mol. The van der Waals surface area contributed by atoms with Crippen molar-refractivity contribution in [3.05, 3.63) is 16.5 Å². The minimum atomic E-state index is 0.224. The number of rotatable bonds is 4. The fourth-order valence-electron chi connectivity index (χ4n) is 1.02. The molecule has 0 aliphatic rings. The minimum Gasteiger partial charge on any atom is -0.369 e. The lowest BCUT2D eigenvalue weighted by molar-refractivity contribution is -0.107. The zero-order valence-electron chi connectivity index (χ0n) is 10.2. The summed E-state index contributed by atoms with van der Waals surface area (Å²) in [5, 5.41) is 3.25. The van der Waals surface area contributed by atoms with Gasteiger partial charge in [-0.3, -0.25) is 0 Å². The molecular formula is C11H18ClN3O. The molecule has 16 heavy (non-hydrogen) atoms. The summed E-state index contributed by atoms with van der Waals surface area (Å²) in [5.74, 6) is 0.698. The first-order chi connectivity index (χ1) is 7.65. The smallest absolute Gasteiger partial charge is 0.224 e. The molecule has 0 saturated heterocycles. The van der Waals surface area contributed by atoms with E-state index in [1.807, 2.05) is 27.7 Å². The van der Waals surface area contributed by atoms with Crippen LogP contribution in [0.5, 0.6) is 0 Å². The fourth-order valence-corrected chi connectivity index (χ4v) is 1.23. The third kappa shape index (κ3) is 4.57. The van der Waals surface area contributed by atoms with E-state index in [9.17, 15) is 4.79 Å². The second-order valence-corrected chi connectivity index (χ2v) is 3.27. The van der Waals surface area contributed by atoms with Crippen molar-refractivity contribution in [2.75, 3.05) is 11.9 Å². The number of nitrogens with zero attached hydrogens (tertiary/aromatic N) is 2. The molecule has 1 aromatic rings. The van der Waals surface area contributed by atoms with E-state index in [0.717, 1.165) is 17.5 Å². The molecule has 4 nitrogen and oxygen atoms in total. The first-order valence-electron chi connectivity index (χ1n) is 5.33. The van der Waals surface area contributed by atoms with Crippen molar-refractivity contribution >= 4 is 23.7 Å². The monoisotopic (exact) mass is 243 g/mol. The number of carbonyl (C=O) groups excluding carboxylic acids is 1. The largest absolute Gasteiger partial charge is 0.369 e. The van der Waals surface area contributed by atoms with Crippen LogP contribution < -0.4 is 5.32 Å². The van der Waals surface area contributed by atoms with Crippen molar-refractivity contribution in [3.8, 4) is 0 Å². The second kappa shape index (κ2) is 8.05. The van der Waals surface area contributed by atoms with Crippen LogP contribution in [0.3, 0.4) is 0 Å². The van der Waals surface area contributed by atoms with Gasteiger partial charge >= 0.3 is 0 Å². The molecule has 0 bridgehead atoms. The van der Waals surface area contributed by atoms with Crippen molar-refractivity contribution in [2.24, 2.45) is 0 Å². The SMILES string of the molecule is CC.Cc1nc(Cl)nc(NCCC=O)c1C. The molecule has 1 heterocycles. The zero-order chi connectivity index (χ0) is 12.6. The van der Waals surface area contributed by atoms with Gasteiger partial charge in [-0.25, -0.2) is 9.97 Å². The van der Waals surface area contributed by atoms with Crippen molar-refractivity contribution in [3.63, 3.8) is 0 Å². The molecule has 0 aromatic carbocycles. The van der Waals surface area contributed by atoms with Gasteiger partial charge in [0.05, 0.1) is 0 Å². The van der Waals surface area contributed by atoms with Crippen LogP contribution in [0.1, 0.15) is 31.5 Å². The summed E-state index contributed by atoms with van der Waals surface area (Å²) < 4.78 is 0. The summed E-state index contributed by atoms with van der Waals surface area (Å²) in [6.07, 6.45) is 1.32. The zero-order valence-corrected chi connectivity index (χ0v) is 10.9. The molecule has 0 fully saturated rings. The molecule has 0 amide bonds. The van der Waals surface area contributed by atoms with Crippen LogP contribution in [0.25, 0.3) is 0 Å². The van der Waals surface area contributed by atoms with E-state index in [4.69, 9.17) is 11.6 Å². The molecule has 1 aromatic heterocycles. The maximum Gasteiger partial charge on any atom is 0.224 e. The van der Waals surface area contributed by atoms with Gasteiger partial charge in [-0.1, -0.05) is 13.8 Å². The Kier molecular flexibility index (Phi) is 7.46. The van der Waals surface area contributed by atoms with Crippen molar-refractivity contribution in [1.82, 2.24) is 9.97 Å². The summed E-state index contributed by atoms with van der Waals surface area (Å²) in [5.41, 5.74) is 1.80. The summed E-state index contributed by atoms with van der Waals surface area (Å²) in [6.45, 7) is 8.35. The van der Waals surface area contributed by atoms with Crippen molar-refractivity contribution < 1.29 is 4.79 Å². The van der Waals surface area contributed by atoms with E-state index in [1.54, 1.807) is 0 Å². The second-order valence-electron chi connectivity index (χ2n) is 2.93. The van der Waals surface area contributed by atoms with Crippen molar-refractivity contribution in [1.29, 1.82) is 0 Å². The molecule has 1 N–H and O–H groups in total. The Morgan fingerprint density at radius 1 is 1.31 bits per heavy atom. The van der Waals surface area contributed by atoms with Gasteiger partial charge in [-0.05, 0) is 25.4 Å². The average molecular weight is 244 g/mol. The summed E-state index contributed by atoms with van der Waals surface area (Å²) in [7, 11) is 0. The quantitative estimate of drug-likeness (QED) is 0.502. The van der Waals surface area contributed by atoms with Gasteiger partial charge in [0.2, 0.25) is 5.28 Å². The highest BCUT2D eigenvalue weighted by molar-refractivity contribution is 6.28. The van der Waals surface area contributed by atoms with Gasteiger partial charge in [0, 0.05) is 24.2 Å². The lowest BCUT2D eigenvalue weighted by atomic mass is 10.2. The highest BCUT2D eigenvalue weighted by atomic mass is 35.5. The van der Waals surface area contributed by atoms with E-state index in [1.165, 1.54) is 0 Å². The van der Waals surface area contributed by atoms with Crippen LogP contribution in [-0.4, -0.2) is 22.8 Å². The Morgan fingerprint density at radius 2 is 1.94 bits per heavy atom. The third-order valence-electron chi connectivity index (χ3n) is 1.92. The van der Waals surface area contributed by atoms with Crippen LogP contribution in [0.15, 0.2) is 0 Å². The van der Waals surface area contributed by atoms with Gasteiger partial charge in [0.1, 0.15) is 12.1 Å². The summed E-state index contributed by atoms with van der Waals surface area (Å²) in [4.78, 5) is 18.2. The van der Waals surface area contributed by atoms with Crippen LogP contribution >= 0.6 is 11.6 Å². The number of aldehydes is 1. The minimum absolute atomic E-state index is 0.224. The lowest BCUT2D eigenvalue weighted by Gasteiger charge is -2.08. The lowest BCUT2D eigenvalue weighted by Crippen LogP contribution is -2.07. The van der Waals surface area contributed by atoms with Gasteiger partial charge < -0.3 is 10.1 Å². The first kappa shape index (κ1) is 14.8.